The van der Waals surface area contributed by atoms with Crippen LogP contribution in [0.5, 0.6) is 0 Å². The zero-order valence-corrected chi connectivity index (χ0v) is 10.0. The lowest BCUT2D eigenvalue weighted by atomic mass is 10.1. The second-order valence-electron chi connectivity index (χ2n) is 3.73. The largest absolute Gasteiger partial charge is 0.365 e. The fourth-order valence-electron chi connectivity index (χ4n) is 1.54. The maximum Gasteiger partial charge on any atom is 0.156 e. The second kappa shape index (κ2) is 8.16. The quantitative estimate of drug-likeness (QED) is 0.659. The molecule has 82 valence electrons. The molecule has 0 saturated carbocycles. The fourth-order valence-corrected chi connectivity index (χ4v) is 2.31. The van der Waals surface area contributed by atoms with Crippen molar-refractivity contribution in [1.82, 2.24) is 5.32 Å². The van der Waals surface area contributed by atoms with Crippen LogP contribution in [0.2, 0.25) is 0 Å². The Morgan fingerprint density at radius 1 is 1.21 bits per heavy atom. The van der Waals surface area contributed by atoms with Crippen LogP contribution in [-0.2, 0) is 0 Å². The Hall–Kier alpha value is -0.180. The summed E-state index contributed by atoms with van der Waals surface area (Å²) in [6, 6.07) is 0. The smallest absolute Gasteiger partial charge is 0.156 e. The van der Waals surface area contributed by atoms with Gasteiger partial charge in [-0.2, -0.15) is 0 Å². The minimum absolute atomic E-state index is 1.00. The number of unbranched alkanes of at least 4 members (excludes halogenated alkanes) is 5. The van der Waals surface area contributed by atoms with Crippen LogP contribution in [0.25, 0.3) is 0 Å². The molecule has 0 spiro atoms. The molecule has 0 bridgehead atoms. The summed E-state index contributed by atoms with van der Waals surface area (Å²) in [6.07, 6.45) is 8.21. The van der Waals surface area contributed by atoms with Gasteiger partial charge in [-0.1, -0.05) is 50.8 Å². The van der Waals surface area contributed by atoms with Gasteiger partial charge in [-0.25, -0.2) is 0 Å². The summed E-state index contributed by atoms with van der Waals surface area (Å²) in [5.74, 6) is 1.17. The van der Waals surface area contributed by atoms with Crippen molar-refractivity contribution in [1.29, 1.82) is 0 Å². The van der Waals surface area contributed by atoms with E-state index in [2.05, 4.69) is 17.2 Å². The van der Waals surface area contributed by atoms with Crippen LogP contribution in [-0.4, -0.2) is 24.0 Å². The molecule has 0 unspecified atom stereocenters. The summed E-state index contributed by atoms with van der Waals surface area (Å²) in [7, 11) is 0. The van der Waals surface area contributed by atoms with Gasteiger partial charge in [-0.05, 0) is 6.42 Å². The van der Waals surface area contributed by atoms with Crippen molar-refractivity contribution >= 4 is 16.9 Å². The Balaban J connectivity index is 1.80. The summed E-state index contributed by atoms with van der Waals surface area (Å²) in [4.78, 5) is 4.35. The molecule has 0 saturated heterocycles. The van der Waals surface area contributed by atoms with Gasteiger partial charge in [0, 0.05) is 12.3 Å². The van der Waals surface area contributed by atoms with Crippen LogP contribution in [0.3, 0.4) is 0 Å². The van der Waals surface area contributed by atoms with Gasteiger partial charge in [0.2, 0.25) is 0 Å². The average Bonchev–Trinajstić information content (AvgIpc) is 2.69. The van der Waals surface area contributed by atoms with Crippen LogP contribution in [0.15, 0.2) is 4.99 Å². The van der Waals surface area contributed by atoms with Gasteiger partial charge in [0.15, 0.2) is 5.17 Å². The van der Waals surface area contributed by atoms with Crippen molar-refractivity contribution in [3.05, 3.63) is 0 Å². The fraction of sp³-hybridized carbons (Fsp3) is 0.909. The maximum atomic E-state index is 4.35. The van der Waals surface area contributed by atoms with Gasteiger partial charge in [-0.3, -0.25) is 4.99 Å². The molecule has 2 nitrogen and oxygen atoms in total. The van der Waals surface area contributed by atoms with E-state index in [0.29, 0.717) is 0 Å². The number of thioether (sulfide) groups is 1. The highest BCUT2D eigenvalue weighted by Gasteiger charge is 2.04. The molecule has 1 aliphatic heterocycles. The lowest BCUT2D eigenvalue weighted by Crippen LogP contribution is -2.19. The van der Waals surface area contributed by atoms with E-state index < -0.39 is 0 Å². The molecule has 1 heterocycles. The molecular weight excluding hydrogens is 192 g/mol. The molecule has 0 amide bonds. The minimum atomic E-state index is 1.00. The third kappa shape index (κ3) is 5.53. The molecule has 0 fully saturated rings. The molecule has 0 aromatic carbocycles. The summed E-state index contributed by atoms with van der Waals surface area (Å²) in [5.41, 5.74) is 0. The molecule has 1 aliphatic rings. The maximum absolute atomic E-state index is 4.35. The normalized spacial score (nSPS) is 15.6. The van der Waals surface area contributed by atoms with E-state index in [4.69, 9.17) is 0 Å². The molecule has 0 aromatic heterocycles. The topological polar surface area (TPSA) is 24.4 Å². The van der Waals surface area contributed by atoms with Gasteiger partial charge >= 0.3 is 0 Å². The Morgan fingerprint density at radius 2 is 2.00 bits per heavy atom. The third-order valence-corrected chi connectivity index (χ3v) is 3.33. The van der Waals surface area contributed by atoms with Gasteiger partial charge in [0.25, 0.3) is 0 Å². The monoisotopic (exact) mass is 214 g/mol. The van der Waals surface area contributed by atoms with E-state index in [1.165, 1.54) is 49.4 Å². The van der Waals surface area contributed by atoms with Crippen LogP contribution in [0.1, 0.15) is 45.4 Å². The SMILES string of the molecule is CCCCCCCCNC1=NCCS1. The zero-order chi connectivity index (χ0) is 10.1. The molecule has 0 aromatic rings. The molecular formula is C11H22N2S. The van der Waals surface area contributed by atoms with Crippen molar-refractivity contribution in [2.75, 3.05) is 18.8 Å². The van der Waals surface area contributed by atoms with E-state index in [1.807, 2.05) is 11.8 Å². The number of aliphatic imine (C=N–C) groups is 1. The summed E-state index contributed by atoms with van der Waals surface area (Å²) in [6.45, 7) is 4.37. The summed E-state index contributed by atoms with van der Waals surface area (Å²) in [5, 5.41) is 4.55. The van der Waals surface area contributed by atoms with Crippen molar-refractivity contribution in [2.45, 2.75) is 45.4 Å². The van der Waals surface area contributed by atoms with E-state index >= 15 is 0 Å². The van der Waals surface area contributed by atoms with E-state index in [-0.39, 0.29) is 0 Å². The molecule has 0 aliphatic carbocycles. The molecule has 1 rings (SSSR count). The van der Waals surface area contributed by atoms with E-state index in [0.717, 1.165) is 13.1 Å². The highest BCUT2D eigenvalue weighted by molar-refractivity contribution is 8.14. The highest BCUT2D eigenvalue weighted by Crippen LogP contribution is 2.09. The predicted molar refractivity (Wildman–Crippen MR) is 66.1 cm³/mol. The number of hydrogen-bond donors (Lipinski definition) is 1. The lowest BCUT2D eigenvalue weighted by molar-refractivity contribution is 0.603. The number of hydrogen-bond acceptors (Lipinski definition) is 3. The Labute approximate surface area is 92.0 Å². The van der Waals surface area contributed by atoms with Gasteiger partial charge in [0.1, 0.15) is 0 Å². The van der Waals surface area contributed by atoms with Gasteiger partial charge < -0.3 is 5.32 Å². The minimum Gasteiger partial charge on any atom is -0.365 e. The highest BCUT2D eigenvalue weighted by atomic mass is 32.2. The summed E-state index contributed by atoms with van der Waals surface area (Å²) < 4.78 is 0. The molecule has 0 radical (unpaired) electrons. The van der Waals surface area contributed by atoms with Crippen molar-refractivity contribution in [3.8, 4) is 0 Å². The molecule has 14 heavy (non-hydrogen) atoms. The number of amidine groups is 1. The first-order valence-corrected chi connectivity index (χ1v) is 6.83. The van der Waals surface area contributed by atoms with E-state index in [9.17, 15) is 0 Å². The first-order valence-electron chi connectivity index (χ1n) is 5.84. The van der Waals surface area contributed by atoms with Gasteiger partial charge in [0.05, 0.1) is 6.54 Å². The molecule has 3 heteroatoms. The number of rotatable bonds is 7. The summed E-state index contributed by atoms with van der Waals surface area (Å²) >= 11 is 1.85. The molecule has 1 N–H and O–H groups in total. The Morgan fingerprint density at radius 3 is 2.71 bits per heavy atom. The first-order chi connectivity index (χ1) is 6.93. The second-order valence-corrected chi connectivity index (χ2v) is 4.81. The number of nitrogens with one attached hydrogen (secondary N) is 1. The number of nitrogens with zero attached hydrogens (tertiary/aromatic N) is 1. The van der Waals surface area contributed by atoms with Crippen LogP contribution in [0, 0.1) is 0 Å². The lowest BCUT2D eigenvalue weighted by Gasteiger charge is -2.04. The third-order valence-electron chi connectivity index (χ3n) is 2.39. The van der Waals surface area contributed by atoms with Crippen molar-refractivity contribution in [2.24, 2.45) is 4.99 Å². The Bertz CT molecular complexity index is 169. The van der Waals surface area contributed by atoms with Crippen LogP contribution < -0.4 is 5.32 Å². The Kier molecular flexibility index (Phi) is 6.93. The standard InChI is InChI=1S/C11H22N2S/c1-2-3-4-5-6-7-8-12-11-13-9-10-14-11/h2-10H2,1H3,(H,12,13). The van der Waals surface area contributed by atoms with Crippen LogP contribution in [0.4, 0.5) is 0 Å². The molecule has 0 atom stereocenters. The average molecular weight is 214 g/mol. The van der Waals surface area contributed by atoms with Crippen molar-refractivity contribution < 1.29 is 0 Å². The van der Waals surface area contributed by atoms with Crippen LogP contribution >= 0.6 is 11.8 Å². The van der Waals surface area contributed by atoms with E-state index in [1.54, 1.807) is 0 Å². The first kappa shape index (κ1) is 11.9. The van der Waals surface area contributed by atoms with Crippen molar-refractivity contribution in [3.63, 3.8) is 0 Å². The zero-order valence-electron chi connectivity index (χ0n) is 9.22. The van der Waals surface area contributed by atoms with Gasteiger partial charge in [-0.15, -0.1) is 0 Å². The predicted octanol–water partition coefficient (Wildman–Crippen LogP) is 3.04.